The number of hydrogen-bond acceptors (Lipinski definition) is 7. The van der Waals surface area contributed by atoms with E-state index in [4.69, 9.17) is 4.52 Å². The number of nitrogens with zero attached hydrogens (tertiary/aromatic N) is 5. The summed E-state index contributed by atoms with van der Waals surface area (Å²) in [5, 5.41) is 7.45. The molecule has 0 amide bonds. The van der Waals surface area contributed by atoms with Gasteiger partial charge in [-0.3, -0.25) is 9.80 Å². The maximum atomic E-state index is 5.51. The van der Waals surface area contributed by atoms with Crippen molar-refractivity contribution in [1.82, 2.24) is 24.9 Å². The number of piperazine rings is 1. The van der Waals surface area contributed by atoms with Crippen LogP contribution < -0.4 is 0 Å². The largest absolute Gasteiger partial charge is 0.338 e. The maximum absolute atomic E-state index is 5.51. The lowest BCUT2D eigenvalue weighted by Gasteiger charge is -2.36. The van der Waals surface area contributed by atoms with Crippen LogP contribution in [-0.2, 0) is 12.0 Å². The second-order valence-corrected chi connectivity index (χ2v) is 8.61. The van der Waals surface area contributed by atoms with E-state index in [2.05, 4.69) is 64.9 Å². The monoisotopic (exact) mass is 349 g/mol. The highest BCUT2D eigenvalue weighted by Crippen LogP contribution is 2.24. The predicted octanol–water partition coefficient (Wildman–Crippen LogP) is 3.01. The Labute approximate surface area is 147 Å². The van der Waals surface area contributed by atoms with Gasteiger partial charge in [-0.15, -0.1) is 11.3 Å². The molecule has 0 aromatic carbocycles. The highest BCUT2D eigenvalue weighted by molar-refractivity contribution is 7.09. The van der Waals surface area contributed by atoms with Crippen LogP contribution in [0.15, 0.2) is 9.90 Å². The van der Waals surface area contributed by atoms with E-state index in [1.165, 1.54) is 5.69 Å². The number of rotatable bonds is 4. The Morgan fingerprint density at radius 2 is 1.92 bits per heavy atom. The lowest BCUT2D eigenvalue weighted by Crippen LogP contribution is -2.46. The highest BCUT2D eigenvalue weighted by atomic mass is 32.1. The average molecular weight is 350 g/mol. The molecule has 0 radical (unpaired) electrons. The normalized spacial score (nSPS) is 18.9. The summed E-state index contributed by atoms with van der Waals surface area (Å²) >= 11 is 1.72. The van der Waals surface area contributed by atoms with E-state index in [1.807, 2.05) is 0 Å². The molecule has 3 heterocycles. The second kappa shape index (κ2) is 6.90. The van der Waals surface area contributed by atoms with Gasteiger partial charge in [0.2, 0.25) is 5.89 Å². The van der Waals surface area contributed by atoms with Crippen molar-refractivity contribution in [3.05, 3.63) is 27.8 Å². The molecule has 1 atom stereocenters. The quantitative estimate of drug-likeness (QED) is 0.846. The first-order valence-corrected chi connectivity index (χ1v) is 9.42. The fourth-order valence-corrected chi connectivity index (χ4v) is 3.49. The molecule has 7 heteroatoms. The van der Waals surface area contributed by atoms with Crippen molar-refractivity contribution in [2.24, 2.45) is 0 Å². The van der Waals surface area contributed by atoms with Crippen LogP contribution in [-0.4, -0.2) is 51.1 Å². The van der Waals surface area contributed by atoms with Crippen LogP contribution in [0, 0.1) is 6.92 Å². The van der Waals surface area contributed by atoms with Gasteiger partial charge in [-0.05, 0) is 13.8 Å². The minimum atomic E-state index is -0.0775. The van der Waals surface area contributed by atoms with Gasteiger partial charge in [-0.25, -0.2) is 4.98 Å². The SMILES string of the molecule is Cc1nc(CN2CCN(C(C)c3nc(C(C)(C)C)no3)CC2)cs1. The third-order valence-corrected chi connectivity index (χ3v) is 5.30. The molecule has 2 aromatic rings. The number of aryl methyl sites for hydroxylation is 1. The molecular weight excluding hydrogens is 322 g/mol. The molecule has 0 aliphatic carbocycles. The van der Waals surface area contributed by atoms with Crippen LogP contribution in [0.3, 0.4) is 0 Å². The fraction of sp³-hybridized carbons (Fsp3) is 0.706. The Morgan fingerprint density at radius 1 is 1.21 bits per heavy atom. The smallest absolute Gasteiger partial charge is 0.243 e. The van der Waals surface area contributed by atoms with Gasteiger partial charge in [0, 0.05) is 43.5 Å². The molecular formula is C17H27N5OS. The van der Waals surface area contributed by atoms with E-state index in [9.17, 15) is 0 Å². The first-order chi connectivity index (χ1) is 11.3. The predicted molar refractivity (Wildman–Crippen MR) is 95.1 cm³/mol. The lowest BCUT2D eigenvalue weighted by molar-refractivity contribution is 0.0839. The zero-order valence-electron chi connectivity index (χ0n) is 15.2. The van der Waals surface area contributed by atoms with Crippen LogP contribution in [0.5, 0.6) is 0 Å². The van der Waals surface area contributed by atoms with Gasteiger partial charge in [-0.1, -0.05) is 25.9 Å². The van der Waals surface area contributed by atoms with E-state index < -0.39 is 0 Å². The van der Waals surface area contributed by atoms with Crippen LogP contribution >= 0.6 is 11.3 Å². The molecule has 1 fully saturated rings. The molecule has 1 saturated heterocycles. The first kappa shape index (κ1) is 17.5. The topological polar surface area (TPSA) is 58.3 Å². The summed E-state index contributed by atoms with van der Waals surface area (Å²) in [6.07, 6.45) is 0. The van der Waals surface area contributed by atoms with Gasteiger partial charge in [0.1, 0.15) is 0 Å². The molecule has 1 unspecified atom stereocenters. The Balaban J connectivity index is 1.55. The standard InChI is InChI=1S/C17H27N5OS/c1-12(15-19-16(20-23-15)17(3,4)5)22-8-6-21(7-9-22)10-14-11-24-13(2)18-14/h11-12H,6-10H2,1-5H3. The van der Waals surface area contributed by atoms with Gasteiger partial charge in [0.15, 0.2) is 5.82 Å². The Kier molecular flexibility index (Phi) is 5.03. The fourth-order valence-electron chi connectivity index (χ4n) is 2.88. The van der Waals surface area contributed by atoms with Crippen molar-refractivity contribution in [3.8, 4) is 0 Å². The van der Waals surface area contributed by atoms with E-state index in [0.29, 0.717) is 0 Å². The summed E-state index contributed by atoms with van der Waals surface area (Å²) in [6, 6.07) is 0.164. The third-order valence-electron chi connectivity index (χ3n) is 4.48. The Morgan fingerprint density at radius 3 is 2.46 bits per heavy atom. The van der Waals surface area contributed by atoms with E-state index in [-0.39, 0.29) is 11.5 Å². The van der Waals surface area contributed by atoms with Gasteiger partial charge >= 0.3 is 0 Å². The van der Waals surface area contributed by atoms with Gasteiger partial charge in [0.05, 0.1) is 16.7 Å². The molecule has 0 N–H and O–H groups in total. The van der Waals surface area contributed by atoms with Gasteiger partial charge in [-0.2, -0.15) is 4.98 Å². The first-order valence-electron chi connectivity index (χ1n) is 8.54. The molecule has 132 valence electrons. The van der Waals surface area contributed by atoms with Gasteiger partial charge < -0.3 is 4.52 Å². The van der Waals surface area contributed by atoms with E-state index in [1.54, 1.807) is 11.3 Å². The third kappa shape index (κ3) is 4.02. The lowest BCUT2D eigenvalue weighted by atomic mass is 9.96. The van der Waals surface area contributed by atoms with Crippen LogP contribution in [0.2, 0.25) is 0 Å². The summed E-state index contributed by atoms with van der Waals surface area (Å²) < 4.78 is 5.51. The van der Waals surface area contributed by atoms with Crippen molar-refractivity contribution in [2.45, 2.75) is 52.6 Å². The van der Waals surface area contributed by atoms with Crippen LogP contribution in [0.25, 0.3) is 0 Å². The summed E-state index contributed by atoms with van der Waals surface area (Å²) in [5.74, 6) is 1.50. The summed E-state index contributed by atoms with van der Waals surface area (Å²) in [7, 11) is 0. The summed E-state index contributed by atoms with van der Waals surface area (Å²) in [5.41, 5.74) is 1.11. The van der Waals surface area contributed by atoms with Gasteiger partial charge in [0.25, 0.3) is 0 Å². The number of aromatic nitrogens is 3. The number of hydrogen-bond donors (Lipinski definition) is 0. The maximum Gasteiger partial charge on any atom is 0.243 e. The average Bonchev–Trinajstić information content (AvgIpc) is 3.16. The van der Waals surface area contributed by atoms with Crippen molar-refractivity contribution in [1.29, 1.82) is 0 Å². The molecule has 1 aliphatic heterocycles. The Bertz CT molecular complexity index is 667. The summed E-state index contributed by atoms with van der Waals surface area (Å²) in [6.45, 7) is 15.6. The van der Waals surface area contributed by atoms with E-state index >= 15 is 0 Å². The van der Waals surface area contributed by atoms with Crippen LogP contribution in [0.1, 0.15) is 56.2 Å². The van der Waals surface area contributed by atoms with Crippen molar-refractivity contribution < 1.29 is 4.52 Å². The second-order valence-electron chi connectivity index (χ2n) is 7.55. The molecule has 6 nitrogen and oxygen atoms in total. The Hall–Kier alpha value is -1.31. The molecule has 0 spiro atoms. The van der Waals surface area contributed by atoms with Crippen molar-refractivity contribution in [3.63, 3.8) is 0 Å². The molecule has 24 heavy (non-hydrogen) atoms. The highest BCUT2D eigenvalue weighted by Gasteiger charge is 2.28. The molecule has 1 aliphatic rings. The summed E-state index contributed by atoms with van der Waals surface area (Å²) in [4.78, 5) is 14.1. The molecule has 3 rings (SSSR count). The minimum Gasteiger partial charge on any atom is -0.338 e. The molecule has 0 saturated carbocycles. The van der Waals surface area contributed by atoms with Crippen LogP contribution in [0.4, 0.5) is 0 Å². The van der Waals surface area contributed by atoms with Crippen molar-refractivity contribution in [2.75, 3.05) is 26.2 Å². The minimum absolute atomic E-state index is 0.0775. The zero-order chi connectivity index (χ0) is 17.3. The zero-order valence-corrected chi connectivity index (χ0v) is 16.1. The number of thiazole rings is 1. The molecule has 0 bridgehead atoms. The molecule has 2 aromatic heterocycles. The van der Waals surface area contributed by atoms with E-state index in [0.717, 1.165) is 49.4 Å². The van der Waals surface area contributed by atoms with Crippen molar-refractivity contribution >= 4 is 11.3 Å².